The fourth-order valence-corrected chi connectivity index (χ4v) is 5.07. The lowest BCUT2D eigenvalue weighted by atomic mass is 10.2. The van der Waals surface area contributed by atoms with Gasteiger partial charge >= 0.3 is 0 Å². The van der Waals surface area contributed by atoms with Gasteiger partial charge in [-0.3, -0.25) is 0 Å². The summed E-state index contributed by atoms with van der Waals surface area (Å²) in [5, 5.41) is 5.05. The van der Waals surface area contributed by atoms with Gasteiger partial charge in [-0.25, -0.2) is 22.0 Å². The number of aryl methyl sites for hydroxylation is 1. The Morgan fingerprint density at radius 3 is 2.35 bits per heavy atom. The first-order valence-corrected chi connectivity index (χ1v) is 10.9. The van der Waals surface area contributed by atoms with E-state index in [2.05, 4.69) is 0 Å². The van der Waals surface area contributed by atoms with Gasteiger partial charge in [-0.2, -0.15) is 0 Å². The first-order valence-electron chi connectivity index (χ1n) is 6.66. The Bertz CT molecular complexity index is 694. The fourth-order valence-electron chi connectivity index (χ4n) is 1.70. The number of hydrogen-bond donors (Lipinski definition) is 1. The van der Waals surface area contributed by atoms with Gasteiger partial charge in [-0.15, -0.1) is 11.3 Å². The van der Waals surface area contributed by atoms with Crippen LogP contribution < -0.4 is 5.14 Å². The molecule has 0 aliphatic heterocycles. The number of ether oxygens (including phenoxy) is 3. The van der Waals surface area contributed by atoms with Crippen LogP contribution in [-0.4, -0.2) is 56.8 Å². The number of thiophene rings is 1. The van der Waals surface area contributed by atoms with Crippen molar-refractivity contribution in [1.82, 2.24) is 0 Å². The second-order valence-electron chi connectivity index (χ2n) is 4.73. The van der Waals surface area contributed by atoms with Crippen molar-refractivity contribution in [2.45, 2.75) is 21.3 Å². The molecule has 0 bridgehead atoms. The summed E-state index contributed by atoms with van der Waals surface area (Å²) < 4.78 is 61.2. The Hall–Kier alpha value is -0.560. The van der Waals surface area contributed by atoms with Crippen molar-refractivity contribution >= 4 is 31.2 Å². The lowest BCUT2D eigenvalue weighted by Gasteiger charge is -2.05. The third-order valence-electron chi connectivity index (χ3n) is 2.70. The van der Waals surface area contributed by atoms with Crippen LogP contribution in [0.5, 0.6) is 0 Å². The zero-order chi connectivity index (χ0) is 17.5. The number of hydrogen-bond acceptors (Lipinski definition) is 8. The fraction of sp³-hybridized carbons (Fsp3) is 0.667. The third-order valence-corrected chi connectivity index (χ3v) is 7.18. The van der Waals surface area contributed by atoms with Gasteiger partial charge in [-0.1, -0.05) is 0 Å². The van der Waals surface area contributed by atoms with Gasteiger partial charge < -0.3 is 14.2 Å². The van der Waals surface area contributed by atoms with E-state index in [4.69, 9.17) is 19.3 Å². The average molecular weight is 388 g/mol. The summed E-state index contributed by atoms with van der Waals surface area (Å²) in [6.45, 7) is 1.38. The van der Waals surface area contributed by atoms with E-state index in [1.807, 2.05) is 0 Å². The molecule has 1 aromatic rings. The number of nitrogens with two attached hydrogens (primary N) is 1. The normalized spacial score (nSPS) is 12.7. The number of primary sulfonamides is 1. The Kier molecular flexibility index (Phi) is 8.07. The number of sulfonamides is 1. The molecule has 0 aliphatic carbocycles. The highest BCUT2D eigenvalue weighted by Gasteiger charge is 2.22. The molecule has 0 radical (unpaired) electrons. The first kappa shape index (κ1) is 20.5. The van der Waals surface area contributed by atoms with Crippen molar-refractivity contribution in [2.24, 2.45) is 5.14 Å². The summed E-state index contributed by atoms with van der Waals surface area (Å²) >= 11 is 0.670. The molecule has 0 saturated heterocycles. The second-order valence-corrected chi connectivity index (χ2v) is 9.78. The first-order chi connectivity index (χ1) is 10.7. The Morgan fingerprint density at radius 1 is 1.13 bits per heavy atom. The molecular weight excluding hydrogens is 366 g/mol. The maximum absolute atomic E-state index is 11.7. The van der Waals surface area contributed by atoms with Gasteiger partial charge in [0.25, 0.3) is 0 Å². The molecule has 0 aromatic carbocycles. The predicted octanol–water partition coefficient (Wildman–Crippen LogP) is 0.369. The van der Waals surface area contributed by atoms with Crippen LogP contribution in [0.15, 0.2) is 14.5 Å². The number of rotatable bonds is 11. The zero-order valence-electron chi connectivity index (χ0n) is 13.0. The summed E-state index contributed by atoms with van der Waals surface area (Å²) in [6.07, 6.45) is 1.93. The van der Waals surface area contributed by atoms with Crippen LogP contribution in [0.4, 0.5) is 0 Å². The molecule has 0 fully saturated rings. The van der Waals surface area contributed by atoms with Crippen molar-refractivity contribution in [3.8, 4) is 0 Å². The Labute approximate surface area is 140 Å². The molecule has 0 atom stereocenters. The number of sulfone groups is 1. The summed E-state index contributed by atoms with van der Waals surface area (Å²) in [5.41, 5.74) is 0.436. The van der Waals surface area contributed by atoms with E-state index in [0.29, 0.717) is 49.6 Å². The van der Waals surface area contributed by atoms with Gasteiger partial charge in [0.05, 0.1) is 13.2 Å². The van der Waals surface area contributed by atoms with Crippen LogP contribution >= 0.6 is 11.3 Å². The molecule has 1 aromatic heterocycles. The molecule has 23 heavy (non-hydrogen) atoms. The largest absolute Gasteiger partial charge is 0.382 e. The van der Waals surface area contributed by atoms with E-state index in [9.17, 15) is 16.8 Å². The van der Waals surface area contributed by atoms with E-state index in [0.717, 1.165) is 6.26 Å². The number of methoxy groups -OCH3 is 1. The molecule has 0 aliphatic rings. The van der Waals surface area contributed by atoms with Crippen LogP contribution in [0.25, 0.3) is 0 Å². The minimum atomic E-state index is -3.92. The SMILES string of the molecule is COCCOCOCCCc1cc(S(N)(=O)=O)sc1S(C)(=O)=O. The van der Waals surface area contributed by atoms with Crippen molar-refractivity contribution in [1.29, 1.82) is 0 Å². The molecule has 0 amide bonds. The van der Waals surface area contributed by atoms with Crippen LogP contribution in [0.2, 0.25) is 0 Å². The summed E-state index contributed by atoms with van der Waals surface area (Å²) in [4.78, 5) is 0. The van der Waals surface area contributed by atoms with Gasteiger partial charge in [0, 0.05) is 20.0 Å². The van der Waals surface area contributed by atoms with Gasteiger partial charge in [0.15, 0.2) is 9.84 Å². The summed E-state index contributed by atoms with van der Waals surface area (Å²) in [5.74, 6) is 0. The molecule has 1 rings (SSSR count). The maximum Gasteiger partial charge on any atom is 0.247 e. The molecule has 134 valence electrons. The zero-order valence-corrected chi connectivity index (χ0v) is 15.4. The van der Waals surface area contributed by atoms with Crippen molar-refractivity contribution in [2.75, 3.05) is 40.0 Å². The minimum Gasteiger partial charge on any atom is -0.382 e. The Morgan fingerprint density at radius 2 is 1.78 bits per heavy atom. The molecule has 11 heteroatoms. The standard InChI is InChI=1S/C12H21NO7S3/c1-18-6-7-20-9-19-5-3-4-10-8-11(23(13,16)17)21-12(10)22(2,14)15/h8H,3-7,9H2,1-2H3,(H2,13,16,17). The smallest absolute Gasteiger partial charge is 0.247 e. The molecule has 0 spiro atoms. The van der Waals surface area contributed by atoms with Crippen molar-refractivity contribution in [3.05, 3.63) is 11.6 Å². The highest BCUT2D eigenvalue weighted by molar-refractivity contribution is 7.94. The van der Waals surface area contributed by atoms with E-state index < -0.39 is 19.9 Å². The van der Waals surface area contributed by atoms with Crippen LogP contribution in [0, 0.1) is 0 Å². The van der Waals surface area contributed by atoms with E-state index in [1.54, 1.807) is 7.11 Å². The quantitative estimate of drug-likeness (QED) is 0.430. The third kappa shape index (κ3) is 7.25. The molecular formula is C12H21NO7S3. The van der Waals surface area contributed by atoms with Gasteiger partial charge in [0.2, 0.25) is 10.0 Å². The van der Waals surface area contributed by atoms with Crippen LogP contribution in [-0.2, 0) is 40.5 Å². The minimum absolute atomic E-state index is 0.0258. The lowest BCUT2D eigenvalue weighted by molar-refractivity contribution is -0.0660. The highest BCUT2D eigenvalue weighted by Crippen LogP contribution is 2.30. The van der Waals surface area contributed by atoms with E-state index >= 15 is 0 Å². The van der Waals surface area contributed by atoms with Gasteiger partial charge in [-0.05, 0) is 24.5 Å². The summed E-state index contributed by atoms with van der Waals surface area (Å²) in [6, 6.07) is 1.31. The molecule has 0 unspecified atom stereocenters. The van der Waals surface area contributed by atoms with Crippen LogP contribution in [0.1, 0.15) is 12.0 Å². The van der Waals surface area contributed by atoms with Crippen molar-refractivity contribution in [3.63, 3.8) is 0 Å². The molecule has 0 saturated carbocycles. The highest BCUT2D eigenvalue weighted by atomic mass is 32.3. The predicted molar refractivity (Wildman–Crippen MR) is 85.8 cm³/mol. The van der Waals surface area contributed by atoms with Gasteiger partial charge in [0.1, 0.15) is 15.2 Å². The van der Waals surface area contributed by atoms with Crippen LogP contribution in [0.3, 0.4) is 0 Å². The second kappa shape index (κ2) is 9.06. The van der Waals surface area contributed by atoms with E-state index in [1.165, 1.54) is 6.07 Å². The van der Waals surface area contributed by atoms with Crippen molar-refractivity contribution < 1.29 is 31.0 Å². The topological polar surface area (TPSA) is 122 Å². The molecule has 8 nitrogen and oxygen atoms in total. The average Bonchev–Trinajstić information content (AvgIpc) is 2.86. The summed E-state index contributed by atoms with van der Waals surface area (Å²) in [7, 11) is -5.86. The molecule has 2 N–H and O–H groups in total. The monoisotopic (exact) mass is 387 g/mol. The van der Waals surface area contributed by atoms with E-state index in [-0.39, 0.29) is 15.2 Å². The maximum atomic E-state index is 11.7. The lowest BCUT2D eigenvalue weighted by Crippen LogP contribution is -2.10. The molecule has 1 heterocycles. The Balaban J connectivity index is 2.58.